The topological polar surface area (TPSA) is 0 Å². The van der Waals surface area contributed by atoms with E-state index in [2.05, 4.69) is 69.3 Å². The predicted octanol–water partition coefficient (Wildman–Crippen LogP) is 9.33. The van der Waals surface area contributed by atoms with Gasteiger partial charge >= 0.3 is 0 Å². The quantitative estimate of drug-likeness (QED) is 0.354. The van der Waals surface area contributed by atoms with Crippen molar-refractivity contribution in [2.75, 3.05) is 0 Å². The molecule has 1 aliphatic carbocycles. The maximum absolute atomic E-state index is 2.50. The Kier molecular flexibility index (Phi) is 8.40. The largest absolute Gasteiger partial charge is 0.0654 e. The van der Waals surface area contributed by atoms with Crippen molar-refractivity contribution in [2.45, 2.75) is 104 Å². The SMILES string of the molecule is CCCCCCCc1ccc(-c2ccc(C3CCC(C)(CCC)CC3)cc2)cc1. The van der Waals surface area contributed by atoms with Crippen LogP contribution in [0.1, 0.15) is 108 Å². The molecule has 3 rings (SSSR count). The van der Waals surface area contributed by atoms with E-state index in [1.54, 1.807) is 5.56 Å². The van der Waals surface area contributed by atoms with Gasteiger partial charge in [0.15, 0.2) is 0 Å². The second-order valence-corrected chi connectivity index (χ2v) is 9.82. The van der Waals surface area contributed by atoms with Gasteiger partial charge in [-0.3, -0.25) is 0 Å². The van der Waals surface area contributed by atoms with Gasteiger partial charge in [0.05, 0.1) is 0 Å². The van der Waals surface area contributed by atoms with Gasteiger partial charge in [0.2, 0.25) is 0 Å². The highest BCUT2D eigenvalue weighted by molar-refractivity contribution is 5.64. The smallest absolute Gasteiger partial charge is 0.0162 e. The van der Waals surface area contributed by atoms with Crippen LogP contribution in [0.3, 0.4) is 0 Å². The second kappa shape index (κ2) is 11.0. The fourth-order valence-corrected chi connectivity index (χ4v) is 5.25. The molecule has 29 heavy (non-hydrogen) atoms. The molecule has 0 heteroatoms. The van der Waals surface area contributed by atoms with Crippen molar-refractivity contribution in [3.05, 3.63) is 59.7 Å². The van der Waals surface area contributed by atoms with E-state index in [4.69, 9.17) is 0 Å². The van der Waals surface area contributed by atoms with E-state index in [1.807, 2.05) is 0 Å². The molecule has 2 aromatic carbocycles. The number of rotatable bonds is 10. The maximum Gasteiger partial charge on any atom is -0.0162 e. The van der Waals surface area contributed by atoms with Crippen LogP contribution in [0, 0.1) is 5.41 Å². The summed E-state index contributed by atoms with van der Waals surface area (Å²) in [4.78, 5) is 0. The summed E-state index contributed by atoms with van der Waals surface area (Å²) in [7, 11) is 0. The molecule has 0 radical (unpaired) electrons. The van der Waals surface area contributed by atoms with Crippen LogP contribution in [-0.2, 0) is 6.42 Å². The van der Waals surface area contributed by atoms with Crippen molar-refractivity contribution in [3.63, 3.8) is 0 Å². The zero-order valence-corrected chi connectivity index (χ0v) is 19.2. The summed E-state index contributed by atoms with van der Waals surface area (Å²) < 4.78 is 0. The molecule has 0 saturated heterocycles. The summed E-state index contributed by atoms with van der Waals surface area (Å²) in [6.07, 6.45) is 16.3. The van der Waals surface area contributed by atoms with Gasteiger partial charge in [0.25, 0.3) is 0 Å². The Hall–Kier alpha value is -1.56. The Bertz CT molecular complexity index is 699. The monoisotopic (exact) mass is 390 g/mol. The van der Waals surface area contributed by atoms with Gasteiger partial charge in [-0.25, -0.2) is 0 Å². The van der Waals surface area contributed by atoms with E-state index in [-0.39, 0.29) is 0 Å². The third kappa shape index (κ3) is 6.46. The predicted molar refractivity (Wildman–Crippen MR) is 129 cm³/mol. The molecule has 0 bridgehead atoms. The molecule has 1 fully saturated rings. The molecule has 0 atom stereocenters. The van der Waals surface area contributed by atoms with E-state index in [1.165, 1.54) is 93.7 Å². The number of unbranched alkanes of at least 4 members (excludes halogenated alkanes) is 4. The van der Waals surface area contributed by atoms with Gasteiger partial charge in [-0.15, -0.1) is 0 Å². The van der Waals surface area contributed by atoms with Crippen LogP contribution < -0.4 is 0 Å². The Morgan fingerprint density at radius 3 is 1.90 bits per heavy atom. The van der Waals surface area contributed by atoms with Crippen LogP contribution in [0.15, 0.2) is 48.5 Å². The molecule has 0 N–H and O–H groups in total. The Morgan fingerprint density at radius 2 is 1.31 bits per heavy atom. The minimum Gasteiger partial charge on any atom is -0.0654 e. The van der Waals surface area contributed by atoms with E-state index in [9.17, 15) is 0 Å². The fraction of sp³-hybridized carbons (Fsp3) is 0.586. The summed E-state index contributed by atoms with van der Waals surface area (Å²) in [5.41, 5.74) is 6.35. The van der Waals surface area contributed by atoms with Crippen molar-refractivity contribution in [3.8, 4) is 11.1 Å². The first-order valence-electron chi connectivity index (χ1n) is 12.3. The first-order chi connectivity index (χ1) is 14.1. The maximum atomic E-state index is 2.50. The number of hydrogen-bond donors (Lipinski definition) is 0. The van der Waals surface area contributed by atoms with Gasteiger partial charge in [-0.2, -0.15) is 0 Å². The average Bonchev–Trinajstić information content (AvgIpc) is 2.75. The molecular formula is C29H42. The van der Waals surface area contributed by atoms with Crippen LogP contribution in [-0.4, -0.2) is 0 Å². The molecule has 0 aromatic heterocycles. The number of benzene rings is 2. The standard InChI is InChI=1S/C29H42/c1-4-6-7-8-9-10-24-11-13-25(14-12-24)26-15-17-27(18-16-26)28-19-22-29(3,21-5-2)23-20-28/h11-18,28H,4-10,19-23H2,1-3H3. The average molecular weight is 391 g/mol. The van der Waals surface area contributed by atoms with E-state index in [0.29, 0.717) is 5.41 Å². The summed E-state index contributed by atoms with van der Waals surface area (Å²) in [6, 6.07) is 18.8. The van der Waals surface area contributed by atoms with Gasteiger partial charge in [0, 0.05) is 0 Å². The third-order valence-electron chi connectivity index (χ3n) is 7.28. The van der Waals surface area contributed by atoms with E-state index < -0.39 is 0 Å². The van der Waals surface area contributed by atoms with Crippen LogP contribution in [0.2, 0.25) is 0 Å². The van der Waals surface area contributed by atoms with Crippen LogP contribution in [0.25, 0.3) is 11.1 Å². The van der Waals surface area contributed by atoms with Crippen LogP contribution in [0.5, 0.6) is 0 Å². The highest BCUT2D eigenvalue weighted by Gasteiger charge is 2.30. The molecule has 0 spiro atoms. The normalized spacial score (nSPS) is 22.0. The molecule has 1 aliphatic rings. The summed E-state index contributed by atoms with van der Waals surface area (Å²) in [6.45, 7) is 7.12. The number of aryl methyl sites for hydroxylation is 1. The minimum absolute atomic E-state index is 0.600. The lowest BCUT2D eigenvalue weighted by Crippen LogP contribution is -2.23. The van der Waals surface area contributed by atoms with Crippen molar-refractivity contribution < 1.29 is 0 Å². The van der Waals surface area contributed by atoms with Crippen LogP contribution >= 0.6 is 0 Å². The van der Waals surface area contributed by atoms with Gasteiger partial charge in [-0.05, 0) is 78.5 Å². The van der Waals surface area contributed by atoms with Gasteiger partial charge in [-0.1, -0.05) is 101 Å². The summed E-state index contributed by atoms with van der Waals surface area (Å²) in [5, 5.41) is 0. The molecule has 158 valence electrons. The first-order valence-corrected chi connectivity index (χ1v) is 12.3. The molecule has 0 heterocycles. The first kappa shape index (κ1) is 22.1. The van der Waals surface area contributed by atoms with Crippen molar-refractivity contribution in [1.29, 1.82) is 0 Å². The zero-order chi connectivity index (χ0) is 20.5. The molecule has 0 aliphatic heterocycles. The summed E-state index contributed by atoms with van der Waals surface area (Å²) >= 11 is 0. The zero-order valence-electron chi connectivity index (χ0n) is 19.2. The molecular weight excluding hydrogens is 348 g/mol. The second-order valence-electron chi connectivity index (χ2n) is 9.82. The molecule has 0 amide bonds. The highest BCUT2D eigenvalue weighted by atomic mass is 14.4. The highest BCUT2D eigenvalue weighted by Crippen LogP contribution is 2.45. The Labute approximate surface area is 180 Å². The molecule has 2 aromatic rings. The lowest BCUT2D eigenvalue weighted by Gasteiger charge is -2.37. The molecule has 0 unspecified atom stereocenters. The van der Waals surface area contributed by atoms with Gasteiger partial charge in [0.1, 0.15) is 0 Å². The van der Waals surface area contributed by atoms with Gasteiger partial charge < -0.3 is 0 Å². The lowest BCUT2D eigenvalue weighted by molar-refractivity contribution is 0.182. The van der Waals surface area contributed by atoms with E-state index in [0.717, 1.165) is 5.92 Å². The molecule has 1 saturated carbocycles. The minimum atomic E-state index is 0.600. The van der Waals surface area contributed by atoms with Crippen LogP contribution in [0.4, 0.5) is 0 Å². The molecule has 0 nitrogen and oxygen atoms in total. The number of hydrogen-bond acceptors (Lipinski definition) is 0. The Morgan fingerprint density at radius 1 is 0.724 bits per heavy atom. The fourth-order valence-electron chi connectivity index (χ4n) is 5.25. The van der Waals surface area contributed by atoms with Crippen molar-refractivity contribution in [2.24, 2.45) is 5.41 Å². The Balaban J connectivity index is 1.52. The summed E-state index contributed by atoms with van der Waals surface area (Å²) in [5.74, 6) is 0.768. The lowest BCUT2D eigenvalue weighted by atomic mass is 9.68. The van der Waals surface area contributed by atoms with E-state index >= 15 is 0 Å². The van der Waals surface area contributed by atoms with Crippen molar-refractivity contribution >= 4 is 0 Å². The third-order valence-corrected chi connectivity index (χ3v) is 7.28. The van der Waals surface area contributed by atoms with Crippen molar-refractivity contribution in [1.82, 2.24) is 0 Å².